The Morgan fingerprint density at radius 3 is 1.92 bits per heavy atom. The molecular formula is C18H17F3N2O3. The second-order valence-corrected chi connectivity index (χ2v) is 5.95. The summed E-state index contributed by atoms with van der Waals surface area (Å²) in [6.45, 7) is 3.29. The number of rotatable bonds is 5. The molecule has 5 nitrogen and oxygen atoms in total. The number of carbonyl (C=O) groups is 2. The summed E-state index contributed by atoms with van der Waals surface area (Å²) >= 11 is 0. The number of hydrogen-bond acceptors (Lipinski definition) is 3. The highest BCUT2D eigenvalue weighted by atomic mass is 19.2. The number of hydrogen-bond donors (Lipinski definition) is 3. The average Bonchev–Trinajstić information content (AvgIpc) is 2.63. The van der Waals surface area contributed by atoms with Crippen molar-refractivity contribution in [2.75, 3.05) is 0 Å². The third kappa shape index (κ3) is 4.20. The Kier molecular flexibility index (Phi) is 5.99. The Morgan fingerprint density at radius 2 is 1.46 bits per heavy atom. The van der Waals surface area contributed by atoms with E-state index in [2.05, 4.69) is 5.32 Å². The maximum Gasteiger partial charge on any atom is 0.270 e. The van der Waals surface area contributed by atoms with Gasteiger partial charge < -0.3 is 5.32 Å². The summed E-state index contributed by atoms with van der Waals surface area (Å²) in [5.41, 5.74) is 2.32. The number of amides is 2. The van der Waals surface area contributed by atoms with Crippen LogP contribution in [0.1, 0.15) is 25.5 Å². The molecule has 2 aromatic carbocycles. The second-order valence-electron chi connectivity index (χ2n) is 5.95. The monoisotopic (exact) mass is 366 g/mol. The molecule has 1 unspecified atom stereocenters. The van der Waals surface area contributed by atoms with Gasteiger partial charge in [0.05, 0.1) is 0 Å². The lowest BCUT2D eigenvalue weighted by molar-refractivity contribution is -0.135. The SMILES string of the molecule is CC(C)C(=O)NC(C(=O)NO)c1ccc(-c2cc(F)c(F)c(F)c2)cc1. The molecule has 8 heteroatoms. The Balaban J connectivity index is 2.33. The number of carbonyl (C=O) groups excluding carboxylic acids is 2. The normalized spacial score (nSPS) is 12.0. The third-order valence-electron chi connectivity index (χ3n) is 3.74. The van der Waals surface area contributed by atoms with E-state index in [0.717, 1.165) is 12.1 Å². The number of hydroxylamine groups is 1. The Morgan fingerprint density at radius 1 is 0.923 bits per heavy atom. The molecular weight excluding hydrogens is 349 g/mol. The van der Waals surface area contributed by atoms with Gasteiger partial charge >= 0.3 is 0 Å². The van der Waals surface area contributed by atoms with Gasteiger partial charge in [-0.05, 0) is 28.8 Å². The van der Waals surface area contributed by atoms with Gasteiger partial charge in [-0.15, -0.1) is 0 Å². The summed E-state index contributed by atoms with van der Waals surface area (Å²) < 4.78 is 39.8. The lowest BCUT2D eigenvalue weighted by atomic mass is 9.99. The Hall–Kier alpha value is -2.87. The van der Waals surface area contributed by atoms with Gasteiger partial charge in [-0.25, -0.2) is 18.7 Å². The van der Waals surface area contributed by atoms with Crippen molar-refractivity contribution in [1.82, 2.24) is 10.8 Å². The van der Waals surface area contributed by atoms with Crippen LogP contribution in [0.4, 0.5) is 13.2 Å². The molecule has 3 N–H and O–H groups in total. The minimum absolute atomic E-state index is 0.113. The van der Waals surface area contributed by atoms with Gasteiger partial charge in [0.25, 0.3) is 5.91 Å². The van der Waals surface area contributed by atoms with Crippen molar-refractivity contribution in [3.63, 3.8) is 0 Å². The predicted octanol–water partition coefficient (Wildman–Crippen LogP) is 3.09. The van der Waals surface area contributed by atoms with Crippen LogP contribution in [0, 0.1) is 23.4 Å². The highest BCUT2D eigenvalue weighted by molar-refractivity contribution is 5.88. The molecule has 0 aliphatic heterocycles. The van der Waals surface area contributed by atoms with E-state index < -0.39 is 35.3 Å². The molecule has 0 fully saturated rings. The lowest BCUT2D eigenvalue weighted by Gasteiger charge is -2.19. The van der Waals surface area contributed by atoms with Crippen LogP contribution in [0.2, 0.25) is 0 Å². The molecule has 138 valence electrons. The van der Waals surface area contributed by atoms with Gasteiger partial charge in [0.2, 0.25) is 5.91 Å². The van der Waals surface area contributed by atoms with E-state index in [9.17, 15) is 22.8 Å². The first kappa shape index (κ1) is 19.5. The van der Waals surface area contributed by atoms with Gasteiger partial charge in [0, 0.05) is 5.92 Å². The number of halogens is 3. The fourth-order valence-corrected chi connectivity index (χ4v) is 2.26. The lowest BCUT2D eigenvalue weighted by Crippen LogP contribution is -2.40. The van der Waals surface area contributed by atoms with Crippen molar-refractivity contribution in [2.45, 2.75) is 19.9 Å². The fraction of sp³-hybridized carbons (Fsp3) is 0.222. The van der Waals surface area contributed by atoms with Crippen LogP contribution in [0.3, 0.4) is 0 Å². The van der Waals surface area contributed by atoms with Crippen molar-refractivity contribution < 1.29 is 28.0 Å². The first-order valence-corrected chi connectivity index (χ1v) is 7.73. The van der Waals surface area contributed by atoms with E-state index in [0.29, 0.717) is 11.1 Å². The molecule has 2 amide bonds. The molecule has 1 atom stereocenters. The van der Waals surface area contributed by atoms with Crippen LogP contribution < -0.4 is 10.8 Å². The molecule has 0 spiro atoms. The zero-order valence-corrected chi connectivity index (χ0v) is 14.0. The van der Waals surface area contributed by atoms with E-state index in [1.165, 1.54) is 29.7 Å². The first-order chi connectivity index (χ1) is 12.2. The van der Waals surface area contributed by atoms with Crippen LogP contribution >= 0.6 is 0 Å². The molecule has 0 heterocycles. The highest BCUT2D eigenvalue weighted by Gasteiger charge is 2.23. The number of benzene rings is 2. The van der Waals surface area contributed by atoms with Crippen molar-refractivity contribution in [3.05, 3.63) is 59.4 Å². The second kappa shape index (κ2) is 8.01. The zero-order chi connectivity index (χ0) is 19.4. The summed E-state index contributed by atoms with van der Waals surface area (Å²) in [4.78, 5) is 23.7. The van der Waals surface area contributed by atoms with Crippen LogP contribution in [0.15, 0.2) is 36.4 Å². The first-order valence-electron chi connectivity index (χ1n) is 7.73. The van der Waals surface area contributed by atoms with Gasteiger partial charge in [-0.3, -0.25) is 14.8 Å². The average molecular weight is 366 g/mol. The smallest absolute Gasteiger partial charge is 0.270 e. The summed E-state index contributed by atoms with van der Waals surface area (Å²) in [7, 11) is 0. The van der Waals surface area contributed by atoms with E-state index in [-0.39, 0.29) is 11.5 Å². The van der Waals surface area contributed by atoms with Crippen molar-refractivity contribution >= 4 is 11.8 Å². The molecule has 0 aromatic heterocycles. The largest absolute Gasteiger partial charge is 0.340 e. The minimum atomic E-state index is -1.55. The molecule has 2 rings (SSSR count). The van der Waals surface area contributed by atoms with Crippen molar-refractivity contribution in [1.29, 1.82) is 0 Å². The molecule has 0 aliphatic rings. The van der Waals surface area contributed by atoms with E-state index in [1.54, 1.807) is 13.8 Å². The fourth-order valence-electron chi connectivity index (χ4n) is 2.26. The van der Waals surface area contributed by atoms with Crippen molar-refractivity contribution in [2.24, 2.45) is 5.92 Å². The van der Waals surface area contributed by atoms with Gasteiger partial charge in [-0.2, -0.15) is 0 Å². The van der Waals surface area contributed by atoms with E-state index in [1.807, 2.05) is 0 Å². The molecule has 2 aromatic rings. The summed E-state index contributed by atoms with van der Waals surface area (Å²) in [5.74, 6) is -5.80. The minimum Gasteiger partial charge on any atom is -0.340 e. The van der Waals surface area contributed by atoms with Crippen LogP contribution in [-0.4, -0.2) is 17.0 Å². The van der Waals surface area contributed by atoms with Crippen LogP contribution in [0.25, 0.3) is 11.1 Å². The molecule has 0 radical (unpaired) electrons. The summed E-state index contributed by atoms with van der Waals surface area (Å²) in [5, 5.41) is 11.4. The quantitative estimate of drug-likeness (QED) is 0.432. The topological polar surface area (TPSA) is 78.4 Å². The van der Waals surface area contributed by atoms with E-state index >= 15 is 0 Å². The maximum atomic E-state index is 13.4. The summed E-state index contributed by atoms with van der Waals surface area (Å²) in [6.07, 6.45) is 0. The maximum absolute atomic E-state index is 13.4. The Labute approximate surface area is 147 Å². The predicted molar refractivity (Wildman–Crippen MR) is 87.4 cm³/mol. The Bertz CT molecular complexity index is 800. The van der Waals surface area contributed by atoms with Crippen molar-refractivity contribution in [3.8, 4) is 11.1 Å². The van der Waals surface area contributed by atoms with Gasteiger partial charge in [0.15, 0.2) is 17.5 Å². The van der Waals surface area contributed by atoms with Gasteiger partial charge in [-0.1, -0.05) is 38.1 Å². The van der Waals surface area contributed by atoms with Crippen LogP contribution in [-0.2, 0) is 9.59 Å². The van der Waals surface area contributed by atoms with E-state index in [4.69, 9.17) is 5.21 Å². The zero-order valence-electron chi connectivity index (χ0n) is 14.0. The molecule has 0 saturated carbocycles. The highest BCUT2D eigenvalue weighted by Crippen LogP contribution is 2.25. The molecule has 0 bridgehead atoms. The number of nitrogens with one attached hydrogen (secondary N) is 2. The van der Waals surface area contributed by atoms with Crippen LogP contribution in [0.5, 0.6) is 0 Å². The molecule has 26 heavy (non-hydrogen) atoms. The summed E-state index contributed by atoms with van der Waals surface area (Å²) in [6, 6.07) is 6.38. The van der Waals surface area contributed by atoms with Gasteiger partial charge in [0.1, 0.15) is 6.04 Å². The third-order valence-corrected chi connectivity index (χ3v) is 3.74. The molecule has 0 aliphatic carbocycles. The standard InChI is InChI=1S/C18H17F3N2O3/c1-9(2)17(24)22-16(18(25)23-26)11-5-3-10(4-6-11)12-7-13(19)15(21)14(20)8-12/h3-9,16,26H,1-2H3,(H,22,24)(H,23,25). The molecule has 0 saturated heterocycles.